The zero-order valence-corrected chi connectivity index (χ0v) is 8.06. The van der Waals surface area contributed by atoms with E-state index in [-0.39, 0.29) is 4.70 Å². The Morgan fingerprint density at radius 1 is 1.60 bits per heavy atom. The van der Waals surface area contributed by atoms with Crippen LogP contribution >= 0.6 is 0 Å². The van der Waals surface area contributed by atoms with Crippen LogP contribution in [0.15, 0.2) is 4.99 Å². The summed E-state index contributed by atoms with van der Waals surface area (Å²) in [6.45, 7) is 6.23. The van der Waals surface area contributed by atoms with E-state index in [9.17, 15) is 0 Å². The summed E-state index contributed by atoms with van der Waals surface area (Å²) >= 11 is 2.83. The van der Waals surface area contributed by atoms with Gasteiger partial charge in [0.15, 0.2) is 0 Å². The van der Waals surface area contributed by atoms with Gasteiger partial charge in [0.2, 0.25) is 0 Å². The van der Waals surface area contributed by atoms with Gasteiger partial charge < -0.3 is 0 Å². The van der Waals surface area contributed by atoms with Crippen LogP contribution < -0.4 is 0 Å². The van der Waals surface area contributed by atoms with Crippen molar-refractivity contribution in [1.82, 2.24) is 0 Å². The van der Waals surface area contributed by atoms with Crippen molar-refractivity contribution in [2.45, 2.75) is 31.5 Å². The van der Waals surface area contributed by atoms with E-state index in [1.807, 2.05) is 0 Å². The topological polar surface area (TPSA) is 21.6 Å². The molecule has 1 aliphatic heterocycles. The quantitative estimate of drug-likeness (QED) is 0.621. The van der Waals surface area contributed by atoms with Gasteiger partial charge in [-0.15, -0.1) is 0 Å². The Hall–Kier alpha value is 0.0934. The van der Waals surface area contributed by atoms with E-state index in [1.54, 1.807) is 0 Å². The van der Waals surface area contributed by atoms with Crippen molar-refractivity contribution in [3.8, 4) is 0 Å². The number of nitrogens with zero attached hydrogens (tertiary/aromatic N) is 1. The number of ether oxygens (including phenoxy) is 1. The molecule has 0 saturated carbocycles. The predicted molar refractivity (Wildman–Crippen MR) is 36.6 cm³/mol. The van der Waals surface area contributed by atoms with Crippen LogP contribution in [0.1, 0.15) is 20.8 Å². The number of hydrogen-bond donors (Lipinski definition) is 0. The molecule has 0 aliphatic carbocycles. The minimum atomic E-state index is 0.165. The summed E-state index contributed by atoms with van der Waals surface area (Å²) in [7, 11) is 0. The second-order valence-electron chi connectivity index (χ2n) is 2.81. The fourth-order valence-corrected chi connectivity index (χ4v) is 1.10. The Bertz CT molecular complexity index is 156. The van der Waals surface area contributed by atoms with Gasteiger partial charge in [-0.05, 0) is 0 Å². The molecule has 1 heterocycles. The van der Waals surface area contributed by atoms with Crippen molar-refractivity contribution in [3.05, 3.63) is 0 Å². The van der Waals surface area contributed by atoms with Crippen LogP contribution in [0.25, 0.3) is 0 Å². The Labute approximate surface area is 71.7 Å². The maximum atomic E-state index is 5.44. The molecular weight excluding hydrogens is 217 g/mol. The number of rotatable bonds is 1. The van der Waals surface area contributed by atoms with Gasteiger partial charge in [-0.1, -0.05) is 0 Å². The molecule has 0 radical (unpaired) electrons. The van der Waals surface area contributed by atoms with Crippen LogP contribution in [0, 0.1) is 5.92 Å². The van der Waals surface area contributed by atoms with Crippen LogP contribution in [0.4, 0.5) is 0 Å². The summed E-state index contributed by atoms with van der Waals surface area (Å²) < 4.78 is 5.60. The van der Waals surface area contributed by atoms with Crippen molar-refractivity contribution in [1.29, 1.82) is 0 Å². The van der Waals surface area contributed by atoms with Gasteiger partial charge in [-0.3, -0.25) is 0 Å². The molecule has 0 aromatic carbocycles. The summed E-state index contributed by atoms with van der Waals surface area (Å²) in [5, 5.41) is 0. The average molecular weight is 229 g/mol. The molecule has 0 saturated heterocycles. The van der Waals surface area contributed by atoms with Crippen LogP contribution in [0.3, 0.4) is 0 Å². The SMILES string of the molecule is CC(C)C1=NC(C)[CH]([Rh])O1. The molecule has 2 nitrogen and oxygen atoms in total. The van der Waals surface area contributed by atoms with Crippen molar-refractivity contribution >= 4 is 5.90 Å². The van der Waals surface area contributed by atoms with Crippen molar-refractivity contribution in [3.63, 3.8) is 0 Å². The molecule has 0 amide bonds. The van der Waals surface area contributed by atoms with Crippen molar-refractivity contribution in [2.75, 3.05) is 0 Å². The molecule has 0 aromatic heterocycles. The summed E-state index contributed by atoms with van der Waals surface area (Å²) in [4.78, 5) is 4.34. The van der Waals surface area contributed by atoms with E-state index < -0.39 is 0 Å². The zero-order valence-electron chi connectivity index (χ0n) is 6.42. The van der Waals surface area contributed by atoms with Gasteiger partial charge in [0, 0.05) is 0 Å². The first-order valence-corrected chi connectivity index (χ1v) is 4.41. The summed E-state index contributed by atoms with van der Waals surface area (Å²) in [6.07, 6.45) is 0. The third-order valence-corrected chi connectivity index (χ3v) is 2.39. The second kappa shape index (κ2) is 3.00. The molecule has 0 aromatic rings. The molecule has 10 heavy (non-hydrogen) atoms. The van der Waals surface area contributed by atoms with Gasteiger partial charge in [0.05, 0.1) is 0 Å². The van der Waals surface area contributed by atoms with E-state index in [0.717, 1.165) is 5.90 Å². The summed E-state index contributed by atoms with van der Waals surface area (Å²) in [5.41, 5.74) is 0. The third kappa shape index (κ3) is 1.57. The molecule has 60 valence electrons. The molecule has 2 unspecified atom stereocenters. The fraction of sp³-hybridized carbons (Fsp3) is 0.857. The Kier molecular flexibility index (Phi) is 2.46. The third-order valence-electron chi connectivity index (χ3n) is 1.41. The first-order chi connectivity index (χ1) is 4.61. The van der Waals surface area contributed by atoms with Gasteiger partial charge in [-0.2, -0.15) is 0 Å². The van der Waals surface area contributed by atoms with E-state index >= 15 is 0 Å². The van der Waals surface area contributed by atoms with Gasteiger partial charge in [0.1, 0.15) is 0 Å². The van der Waals surface area contributed by atoms with Gasteiger partial charge in [0.25, 0.3) is 0 Å². The molecule has 2 atom stereocenters. The van der Waals surface area contributed by atoms with E-state index in [0.29, 0.717) is 12.0 Å². The average Bonchev–Trinajstić information content (AvgIpc) is 2.13. The Morgan fingerprint density at radius 3 is 2.40 bits per heavy atom. The van der Waals surface area contributed by atoms with Crippen LogP contribution in [0.5, 0.6) is 0 Å². The molecule has 1 aliphatic rings. The Balaban J connectivity index is 2.58. The van der Waals surface area contributed by atoms with Crippen molar-refractivity contribution in [2.24, 2.45) is 10.9 Å². The monoisotopic (exact) mass is 229 g/mol. The van der Waals surface area contributed by atoms with Gasteiger partial charge in [-0.25, -0.2) is 0 Å². The molecule has 0 spiro atoms. The molecule has 1 rings (SSSR count). The summed E-state index contributed by atoms with van der Waals surface area (Å²) in [5.74, 6) is 1.31. The van der Waals surface area contributed by atoms with Crippen LogP contribution in [-0.4, -0.2) is 16.6 Å². The van der Waals surface area contributed by atoms with Gasteiger partial charge >= 0.3 is 71.4 Å². The Morgan fingerprint density at radius 2 is 2.20 bits per heavy atom. The normalized spacial score (nSPS) is 32.4. The fourth-order valence-electron chi connectivity index (χ4n) is 0.780. The van der Waals surface area contributed by atoms with Crippen molar-refractivity contribution < 1.29 is 23.0 Å². The second-order valence-corrected chi connectivity index (χ2v) is 3.74. The minimum absolute atomic E-state index is 0.165. The first kappa shape index (κ1) is 8.19. The maximum absolute atomic E-state index is 5.44. The molecule has 3 heteroatoms. The van der Waals surface area contributed by atoms with Crippen LogP contribution in [0.2, 0.25) is 0 Å². The summed E-state index contributed by atoms with van der Waals surface area (Å²) in [6, 6.07) is 0.296. The predicted octanol–water partition coefficient (Wildman–Crippen LogP) is 1.33. The molecule has 0 fully saturated rings. The standard InChI is InChI=1S/C7H12NO.Rh/c1-5(2)7-8-6(3)4-9-7;/h4-6H,1-3H3;. The van der Waals surface area contributed by atoms with Crippen LogP contribution in [-0.2, 0) is 23.0 Å². The molecular formula is C7H12NORh. The van der Waals surface area contributed by atoms with E-state index in [2.05, 4.69) is 44.1 Å². The van der Waals surface area contributed by atoms with E-state index in [4.69, 9.17) is 4.74 Å². The zero-order chi connectivity index (χ0) is 7.72. The molecule has 0 bridgehead atoms. The first-order valence-electron chi connectivity index (χ1n) is 3.47. The number of aliphatic imine (C=N–C) groups is 1. The number of hydrogen-bond acceptors (Lipinski definition) is 2. The van der Waals surface area contributed by atoms with E-state index in [1.165, 1.54) is 0 Å². The molecule has 0 N–H and O–H groups in total.